The first-order valence-corrected chi connectivity index (χ1v) is 8.18. The second kappa shape index (κ2) is 5.65. The third kappa shape index (κ3) is 3.03. The Hall–Kier alpha value is -1.60. The van der Waals surface area contributed by atoms with E-state index in [0.29, 0.717) is 13.1 Å². The van der Waals surface area contributed by atoms with Crippen molar-refractivity contribution >= 4 is 16.1 Å². The van der Waals surface area contributed by atoms with Crippen LogP contribution in [0, 0.1) is 0 Å². The van der Waals surface area contributed by atoms with Gasteiger partial charge in [0.15, 0.2) is 0 Å². The summed E-state index contributed by atoms with van der Waals surface area (Å²) >= 11 is 0. The SMILES string of the molecule is CN(C)C(=O)N1CCc2ccc(S(=O)(=O)N(C)C)cc2C1. The van der Waals surface area contributed by atoms with Gasteiger partial charge in [0.05, 0.1) is 4.90 Å². The average molecular weight is 311 g/mol. The molecule has 0 N–H and O–H groups in total. The van der Waals surface area contributed by atoms with Gasteiger partial charge >= 0.3 is 6.03 Å². The van der Waals surface area contributed by atoms with Crippen molar-refractivity contribution in [2.75, 3.05) is 34.7 Å². The molecule has 0 radical (unpaired) electrons. The van der Waals surface area contributed by atoms with Crippen LogP contribution in [0.4, 0.5) is 4.79 Å². The molecule has 0 unspecified atom stereocenters. The number of hydrogen-bond donors (Lipinski definition) is 0. The third-order valence-corrected chi connectivity index (χ3v) is 5.43. The lowest BCUT2D eigenvalue weighted by Crippen LogP contribution is -2.42. The third-order valence-electron chi connectivity index (χ3n) is 3.62. The Kier molecular flexibility index (Phi) is 4.25. The molecule has 0 fully saturated rings. The highest BCUT2D eigenvalue weighted by Gasteiger charge is 2.24. The molecule has 1 aromatic carbocycles. The maximum Gasteiger partial charge on any atom is 0.319 e. The van der Waals surface area contributed by atoms with Crippen molar-refractivity contribution in [3.05, 3.63) is 29.3 Å². The lowest BCUT2D eigenvalue weighted by molar-refractivity contribution is 0.165. The van der Waals surface area contributed by atoms with E-state index in [9.17, 15) is 13.2 Å². The normalized spacial score (nSPS) is 15.0. The molecule has 0 atom stereocenters. The van der Waals surface area contributed by atoms with Crippen LogP contribution < -0.4 is 0 Å². The van der Waals surface area contributed by atoms with Gasteiger partial charge in [-0.25, -0.2) is 17.5 Å². The summed E-state index contributed by atoms with van der Waals surface area (Å²) in [5.41, 5.74) is 2.01. The molecular weight excluding hydrogens is 290 g/mol. The molecule has 2 amide bonds. The van der Waals surface area contributed by atoms with Crippen LogP contribution in [-0.2, 0) is 23.0 Å². The van der Waals surface area contributed by atoms with E-state index in [1.807, 2.05) is 6.07 Å². The van der Waals surface area contributed by atoms with Gasteiger partial charge in [-0.3, -0.25) is 0 Å². The number of urea groups is 1. The van der Waals surface area contributed by atoms with Crippen LogP contribution >= 0.6 is 0 Å². The number of benzene rings is 1. The zero-order valence-electron chi connectivity index (χ0n) is 12.8. The summed E-state index contributed by atoms with van der Waals surface area (Å²) in [7, 11) is 3.00. The van der Waals surface area contributed by atoms with E-state index in [2.05, 4.69) is 0 Å². The highest BCUT2D eigenvalue weighted by molar-refractivity contribution is 7.89. The number of carbonyl (C=O) groups excluding carboxylic acids is 1. The second-order valence-corrected chi connectivity index (χ2v) is 7.72. The molecule has 0 bridgehead atoms. The smallest absolute Gasteiger partial charge is 0.319 e. The van der Waals surface area contributed by atoms with Gasteiger partial charge in [-0.1, -0.05) is 6.07 Å². The number of sulfonamides is 1. The molecule has 116 valence electrons. The Morgan fingerprint density at radius 2 is 1.81 bits per heavy atom. The molecule has 6 nitrogen and oxygen atoms in total. The summed E-state index contributed by atoms with van der Waals surface area (Å²) in [6, 6.07) is 5.11. The zero-order valence-corrected chi connectivity index (χ0v) is 13.6. The molecule has 0 spiro atoms. The highest BCUT2D eigenvalue weighted by Crippen LogP contribution is 2.24. The van der Waals surface area contributed by atoms with E-state index >= 15 is 0 Å². The van der Waals surface area contributed by atoms with Crippen LogP contribution in [0.2, 0.25) is 0 Å². The molecule has 1 aliphatic rings. The molecule has 0 aliphatic carbocycles. The van der Waals surface area contributed by atoms with Crippen molar-refractivity contribution in [2.45, 2.75) is 17.9 Å². The summed E-state index contributed by atoms with van der Waals surface area (Å²) < 4.78 is 25.6. The molecular formula is C14H21N3O3S. The van der Waals surface area contributed by atoms with Crippen LogP contribution in [0.3, 0.4) is 0 Å². The minimum Gasteiger partial charge on any atom is -0.331 e. The molecule has 21 heavy (non-hydrogen) atoms. The topological polar surface area (TPSA) is 60.9 Å². The first-order valence-electron chi connectivity index (χ1n) is 6.74. The number of rotatable bonds is 2. The van der Waals surface area contributed by atoms with Gasteiger partial charge in [-0.05, 0) is 29.7 Å². The molecule has 0 aromatic heterocycles. The van der Waals surface area contributed by atoms with Crippen molar-refractivity contribution < 1.29 is 13.2 Å². The molecule has 1 aliphatic heterocycles. The van der Waals surface area contributed by atoms with E-state index < -0.39 is 10.0 Å². The number of amides is 2. The summed E-state index contributed by atoms with van der Waals surface area (Å²) in [6.07, 6.45) is 0.747. The van der Waals surface area contributed by atoms with Crippen molar-refractivity contribution in [2.24, 2.45) is 0 Å². The predicted octanol–water partition coefficient (Wildman–Crippen LogP) is 0.977. The van der Waals surface area contributed by atoms with E-state index in [4.69, 9.17) is 0 Å². The van der Waals surface area contributed by atoms with Crippen LogP contribution in [-0.4, -0.2) is 63.3 Å². The fourth-order valence-electron chi connectivity index (χ4n) is 2.35. The largest absolute Gasteiger partial charge is 0.331 e. The molecule has 7 heteroatoms. The van der Waals surface area contributed by atoms with Crippen molar-refractivity contribution in [3.63, 3.8) is 0 Å². The van der Waals surface area contributed by atoms with Crippen molar-refractivity contribution in [3.8, 4) is 0 Å². The predicted molar refractivity (Wildman–Crippen MR) is 80.5 cm³/mol. The molecule has 1 heterocycles. The number of hydrogen-bond acceptors (Lipinski definition) is 3. The number of nitrogens with zero attached hydrogens (tertiary/aromatic N) is 3. The van der Waals surface area contributed by atoms with Crippen molar-refractivity contribution in [1.82, 2.24) is 14.1 Å². The summed E-state index contributed by atoms with van der Waals surface area (Å²) in [4.78, 5) is 15.6. The Morgan fingerprint density at radius 1 is 1.14 bits per heavy atom. The maximum absolute atomic E-state index is 12.2. The van der Waals surface area contributed by atoms with Gasteiger partial charge < -0.3 is 9.80 Å². The zero-order chi connectivity index (χ0) is 15.8. The van der Waals surface area contributed by atoms with Gasteiger partial charge in [0, 0.05) is 41.3 Å². The molecule has 0 saturated heterocycles. The minimum atomic E-state index is -3.44. The minimum absolute atomic E-state index is 0.0541. The van der Waals surface area contributed by atoms with Crippen LogP contribution in [0.25, 0.3) is 0 Å². The first kappa shape index (κ1) is 15.8. The Labute approximate surface area is 126 Å². The Balaban J connectivity index is 2.33. The standard InChI is InChI=1S/C14H21N3O3S/c1-15(2)14(18)17-8-7-11-5-6-13(9-12(11)10-17)21(19,20)16(3)4/h5-6,9H,7-8,10H2,1-4H3. The number of fused-ring (bicyclic) bond motifs is 1. The Morgan fingerprint density at radius 3 is 2.38 bits per heavy atom. The van der Waals surface area contributed by atoms with E-state index in [1.54, 1.807) is 31.1 Å². The fourth-order valence-corrected chi connectivity index (χ4v) is 3.30. The fraction of sp³-hybridized carbons (Fsp3) is 0.500. The summed E-state index contributed by atoms with van der Waals surface area (Å²) in [5, 5.41) is 0. The van der Waals surface area contributed by atoms with Gasteiger partial charge in [-0.2, -0.15) is 0 Å². The lowest BCUT2D eigenvalue weighted by Gasteiger charge is -2.31. The van der Waals surface area contributed by atoms with Gasteiger partial charge in [-0.15, -0.1) is 0 Å². The summed E-state index contributed by atoms with van der Waals surface area (Å²) in [6.45, 7) is 1.10. The van der Waals surface area contributed by atoms with Crippen LogP contribution in [0.15, 0.2) is 23.1 Å². The second-order valence-electron chi connectivity index (χ2n) is 5.57. The van der Waals surface area contributed by atoms with Gasteiger partial charge in [0.1, 0.15) is 0 Å². The van der Waals surface area contributed by atoms with Gasteiger partial charge in [0.25, 0.3) is 0 Å². The monoisotopic (exact) mass is 311 g/mol. The average Bonchev–Trinajstić information content (AvgIpc) is 2.44. The molecule has 1 aromatic rings. The van der Waals surface area contributed by atoms with E-state index in [0.717, 1.165) is 17.5 Å². The van der Waals surface area contributed by atoms with E-state index in [-0.39, 0.29) is 10.9 Å². The van der Waals surface area contributed by atoms with Crippen LogP contribution in [0.5, 0.6) is 0 Å². The first-order chi connectivity index (χ1) is 9.73. The number of carbonyl (C=O) groups is 1. The van der Waals surface area contributed by atoms with Gasteiger partial charge in [0.2, 0.25) is 10.0 Å². The maximum atomic E-state index is 12.2. The molecule has 0 saturated carbocycles. The van der Waals surface area contributed by atoms with E-state index in [1.165, 1.54) is 23.3 Å². The summed E-state index contributed by atoms with van der Waals surface area (Å²) in [5.74, 6) is 0. The van der Waals surface area contributed by atoms with Crippen molar-refractivity contribution in [1.29, 1.82) is 0 Å². The Bertz CT molecular complexity index is 653. The van der Waals surface area contributed by atoms with Crippen LogP contribution in [0.1, 0.15) is 11.1 Å². The lowest BCUT2D eigenvalue weighted by atomic mass is 10.0. The quantitative estimate of drug-likeness (QED) is 0.818. The molecule has 2 rings (SSSR count). The highest BCUT2D eigenvalue weighted by atomic mass is 32.2.